The zero-order valence-electron chi connectivity index (χ0n) is 10.4. The van der Waals surface area contributed by atoms with Gasteiger partial charge in [0.25, 0.3) is 0 Å². The Labute approximate surface area is 126 Å². The molecule has 0 aliphatic heterocycles. The van der Waals surface area contributed by atoms with Crippen LogP contribution in [0.15, 0.2) is 35.2 Å². The highest BCUT2D eigenvalue weighted by molar-refractivity contribution is 9.10. The number of nitrogens with zero attached hydrogens (tertiary/aromatic N) is 3. The van der Waals surface area contributed by atoms with Crippen molar-refractivity contribution in [2.24, 2.45) is 0 Å². The van der Waals surface area contributed by atoms with Gasteiger partial charge in [-0.15, -0.1) is 0 Å². The molecule has 0 fully saturated rings. The number of hydrogen-bond donors (Lipinski definition) is 1. The second kappa shape index (κ2) is 6.27. The molecule has 0 amide bonds. The zero-order chi connectivity index (χ0) is 15.4. The van der Waals surface area contributed by atoms with Crippen LogP contribution in [0.25, 0.3) is 0 Å². The van der Waals surface area contributed by atoms with Crippen LogP contribution < -0.4 is 4.74 Å². The summed E-state index contributed by atoms with van der Waals surface area (Å²) < 4.78 is 5.85. The fourth-order valence-electron chi connectivity index (χ4n) is 1.55. The third-order valence-electron chi connectivity index (χ3n) is 2.51. The van der Waals surface area contributed by atoms with E-state index < -0.39 is 10.9 Å². The number of carboxylic acid groups (broad SMARTS) is 1. The van der Waals surface area contributed by atoms with Gasteiger partial charge >= 0.3 is 11.7 Å². The lowest BCUT2D eigenvalue weighted by atomic mass is 10.2. The Bertz CT molecular complexity index is 707. The van der Waals surface area contributed by atoms with Crippen LogP contribution in [0.4, 0.5) is 5.69 Å². The maximum atomic E-state index is 11.0. The van der Waals surface area contributed by atoms with Crippen LogP contribution in [-0.4, -0.2) is 26.0 Å². The molecule has 0 spiro atoms. The van der Waals surface area contributed by atoms with Crippen molar-refractivity contribution in [1.82, 2.24) is 9.97 Å². The first kappa shape index (κ1) is 14.9. The van der Waals surface area contributed by atoms with E-state index >= 15 is 0 Å². The summed E-state index contributed by atoms with van der Waals surface area (Å²) in [6.45, 7) is -0.216. The van der Waals surface area contributed by atoms with Gasteiger partial charge in [0.2, 0.25) is 0 Å². The quantitative estimate of drug-likeness (QED) is 0.647. The molecule has 1 aromatic heterocycles. The first-order valence-electron chi connectivity index (χ1n) is 5.58. The molecule has 9 heteroatoms. The van der Waals surface area contributed by atoms with Crippen molar-refractivity contribution in [3.05, 3.63) is 56.6 Å². The van der Waals surface area contributed by atoms with Crippen LogP contribution in [0.2, 0.25) is 0 Å². The van der Waals surface area contributed by atoms with Crippen LogP contribution >= 0.6 is 15.9 Å². The molecular formula is C12H8BrN3O5. The monoisotopic (exact) mass is 353 g/mol. The lowest BCUT2D eigenvalue weighted by Gasteiger charge is -2.08. The molecule has 0 unspecified atom stereocenters. The second-order valence-electron chi connectivity index (χ2n) is 3.85. The molecule has 0 saturated carbocycles. The van der Waals surface area contributed by atoms with Crippen molar-refractivity contribution in [2.75, 3.05) is 0 Å². The summed E-state index contributed by atoms with van der Waals surface area (Å²) in [5, 5.41) is 19.9. The Kier molecular flexibility index (Phi) is 4.43. The largest absolute Gasteiger partial charge is 0.480 e. The average Bonchev–Trinajstić information content (AvgIpc) is 2.46. The van der Waals surface area contributed by atoms with E-state index in [0.717, 1.165) is 6.20 Å². The molecule has 21 heavy (non-hydrogen) atoms. The van der Waals surface area contributed by atoms with Gasteiger partial charge in [0.15, 0.2) is 5.75 Å². The van der Waals surface area contributed by atoms with Gasteiger partial charge in [-0.1, -0.05) is 15.9 Å². The highest BCUT2D eigenvalue weighted by Crippen LogP contribution is 2.30. The van der Waals surface area contributed by atoms with Crippen molar-refractivity contribution in [2.45, 2.75) is 6.61 Å². The highest BCUT2D eigenvalue weighted by atomic mass is 79.9. The van der Waals surface area contributed by atoms with Crippen LogP contribution in [0, 0.1) is 10.1 Å². The molecule has 0 aliphatic carbocycles. The topological polar surface area (TPSA) is 115 Å². The number of aromatic nitrogens is 2. The van der Waals surface area contributed by atoms with Crippen molar-refractivity contribution in [3.8, 4) is 5.75 Å². The fraction of sp³-hybridized carbons (Fsp3) is 0.0833. The summed E-state index contributed by atoms with van der Waals surface area (Å²) in [6, 6.07) is 4.30. The number of carbonyl (C=O) groups is 1. The Balaban J connectivity index is 2.25. The normalized spacial score (nSPS) is 10.1. The predicted octanol–water partition coefficient (Wildman–Crippen LogP) is 2.42. The number of nitro benzene ring substituents is 1. The van der Waals surface area contributed by atoms with E-state index in [0.29, 0.717) is 4.47 Å². The minimum Gasteiger partial charge on any atom is -0.480 e. The molecule has 2 aromatic rings. The van der Waals surface area contributed by atoms with Crippen LogP contribution in [0.3, 0.4) is 0 Å². The Morgan fingerprint density at radius 3 is 2.90 bits per heavy atom. The minimum atomic E-state index is -1.19. The molecule has 0 radical (unpaired) electrons. The number of ether oxygens (including phenoxy) is 1. The van der Waals surface area contributed by atoms with E-state index in [1.54, 1.807) is 6.07 Å². The Hall–Kier alpha value is -2.55. The maximum absolute atomic E-state index is 11.0. The van der Waals surface area contributed by atoms with E-state index in [1.165, 1.54) is 18.5 Å². The number of aromatic carboxylic acids is 1. The zero-order valence-corrected chi connectivity index (χ0v) is 12.0. The molecule has 1 heterocycles. The fourth-order valence-corrected chi connectivity index (χ4v) is 1.90. The summed E-state index contributed by atoms with van der Waals surface area (Å²) >= 11 is 3.13. The van der Waals surface area contributed by atoms with Gasteiger partial charge < -0.3 is 9.84 Å². The summed E-state index contributed by atoms with van der Waals surface area (Å²) in [7, 11) is 0. The molecule has 0 atom stereocenters. The summed E-state index contributed by atoms with van der Waals surface area (Å²) in [4.78, 5) is 28.8. The third-order valence-corrected chi connectivity index (χ3v) is 3.00. The summed E-state index contributed by atoms with van der Waals surface area (Å²) in [6.07, 6.45) is 2.32. The molecular weight excluding hydrogens is 346 g/mol. The molecule has 1 aromatic carbocycles. The van der Waals surface area contributed by atoms with E-state index in [1.807, 2.05) is 0 Å². The standard InChI is InChI=1S/C12H8BrN3O5/c13-7-1-2-11(10(3-7)16(19)20)21-5-9-8(12(17)18)4-14-6-15-9/h1-4,6H,5H2,(H,17,18). The van der Waals surface area contributed by atoms with Crippen LogP contribution in [0.5, 0.6) is 5.75 Å². The second-order valence-corrected chi connectivity index (χ2v) is 4.76. The molecule has 0 saturated heterocycles. The number of nitro groups is 1. The molecule has 108 valence electrons. The number of hydrogen-bond acceptors (Lipinski definition) is 6. The summed E-state index contributed by atoms with van der Waals surface area (Å²) in [5.41, 5.74) is -0.206. The van der Waals surface area contributed by atoms with Gasteiger partial charge in [-0.2, -0.15) is 0 Å². The van der Waals surface area contributed by atoms with Crippen molar-refractivity contribution in [3.63, 3.8) is 0 Å². The van der Waals surface area contributed by atoms with Crippen molar-refractivity contribution < 1.29 is 19.6 Å². The van der Waals surface area contributed by atoms with Gasteiger partial charge in [-0.3, -0.25) is 10.1 Å². The van der Waals surface area contributed by atoms with Gasteiger partial charge in [0, 0.05) is 16.7 Å². The summed E-state index contributed by atoms with van der Waals surface area (Å²) in [5.74, 6) is -1.17. The highest BCUT2D eigenvalue weighted by Gasteiger charge is 2.17. The minimum absolute atomic E-state index is 0.0261. The first-order chi connectivity index (χ1) is 9.99. The Morgan fingerprint density at radius 1 is 1.48 bits per heavy atom. The molecule has 2 rings (SSSR count). The van der Waals surface area contributed by atoms with E-state index in [2.05, 4.69) is 25.9 Å². The molecule has 8 nitrogen and oxygen atoms in total. The number of carboxylic acids is 1. The van der Waals surface area contributed by atoms with Crippen molar-refractivity contribution in [1.29, 1.82) is 0 Å². The molecule has 0 aliphatic rings. The lowest BCUT2D eigenvalue weighted by Crippen LogP contribution is -2.09. The Morgan fingerprint density at radius 2 is 2.24 bits per heavy atom. The number of benzene rings is 1. The SMILES string of the molecule is O=C(O)c1cncnc1COc1ccc(Br)cc1[N+](=O)[O-]. The average molecular weight is 354 g/mol. The van der Waals surface area contributed by atoms with E-state index in [9.17, 15) is 14.9 Å². The van der Waals surface area contributed by atoms with Gasteiger partial charge in [0.1, 0.15) is 18.5 Å². The predicted molar refractivity (Wildman–Crippen MR) is 74.1 cm³/mol. The van der Waals surface area contributed by atoms with Gasteiger partial charge in [-0.25, -0.2) is 14.8 Å². The maximum Gasteiger partial charge on any atom is 0.339 e. The van der Waals surface area contributed by atoms with Crippen LogP contribution in [0.1, 0.15) is 16.1 Å². The molecule has 0 bridgehead atoms. The molecule has 1 N–H and O–H groups in total. The van der Waals surface area contributed by atoms with Gasteiger partial charge in [0.05, 0.1) is 10.6 Å². The van der Waals surface area contributed by atoms with Crippen LogP contribution in [-0.2, 0) is 6.61 Å². The first-order valence-corrected chi connectivity index (χ1v) is 6.37. The number of rotatable bonds is 5. The number of halogens is 1. The van der Waals surface area contributed by atoms with E-state index in [4.69, 9.17) is 9.84 Å². The van der Waals surface area contributed by atoms with E-state index in [-0.39, 0.29) is 29.3 Å². The van der Waals surface area contributed by atoms with Gasteiger partial charge in [-0.05, 0) is 12.1 Å². The third kappa shape index (κ3) is 3.51. The van der Waals surface area contributed by atoms with Crippen molar-refractivity contribution >= 4 is 27.6 Å². The lowest BCUT2D eigenvalue weighted by molar-refractivity contribution is -0.386. The smallest absolute Gasteiger partial charge is 0.339 e.